The summed E-state index contributed by atoms with van der Waals surface area (Å²) >= 11 is 0. The standard InChI is InChI=1S/C20H30N4O.HI/c1-14-6-4-5-7-16(14)17-13-18(17)23-20(22-3)24-10-8-15(9-11-24)12-19(25)21-2;/h4-7,15,17-18H,8-13H2,1-3H3,(H,21,25)(H,22,23);1H. The predicted molar refractivity (Wildman–Crippen MR) is 117 cm³/mol. The summed E-state index contributed by atoms with van der Waals surface area (Å²) in [5, 5.41) is 6.38. The van der Waals surface area contributed by atoms with E-state index in [1.54, 1.807) is 7.05 Å². The zero-order chi connectivity index (χ0) is 17.8. The van der Waals surface area contributed by atoms with Crippen molar-refractivity contribution in [3.8, 4) is 0 Å². The minimum atomic E-state index is 0. The maximum atomic E-state index is 11.5. The Hall–Kier alpha value is -1.31. The van der Waals surface area contributed by atoms with E-state index >= 15 is 0 Å². The molecule has 2 N–H and O–H groups in total. The number of carbonyl (C=O) groups is 1. The van der Waals surface area contributed by atoms with Gasteiger partial charge >= 0.3 is 0 Å². The summed E-state index contributed by atoms with van der Waals surface area (Å²) in [5.74, 6) is 2.26. The van der Waals surface area contributed by atoms with Crippen LogP contribution in [0, 0.1) is 12.8 Å². The molecular weight excluding hydrogens is 439 g/mol. The fourth-order valence-electron chi connectivity index (χ4n) is 3.88. The number of piperidine rings is 1. The Kier molecular flexibility index (Phi) is 7.73. The van der Waals surface area contributed by atoms with E-state index in [0.717, 1.165) is 31.9 Å². The molecule has 6 heteroatoms. The molecule has 1 saturated carbocycles. The molecule has 5 nitrogen and oxygen atoms in total. The fraction of sp³-hybridized carbons (Fsp3) is 0.600. The molecule has 2 unspecified atom stereocenters. The number of halogens is 1. The molecule has 1 heterocycles. The average Bonchev–Trinajstić information content (AvgIpc) is 3.39. The Morgan fingerprint density at radius 1 is 1.27 bits per heavy atom. The van der Waals surface area contributed by atoms with Crippen LogP contribution < -0.4 is 10.6 Å². The molecule has 0 aromatic heterocycles. The third-order valence-corrected chi connectivity index (χ3v) is 5.57. The van der Waals surface area contributed by atoms with Crippen LogP contribution in [0.25, 0.3) is 0 Å². The van der Waals surface area contributed by atoms with Gasteiger partial charge in [-0.25, -0.2) is 0 Å². The van der Waals surface area contributed by atoms with Crippen LogP contribution in [0.1, 0.15) is 42.7 Å². The van der Waals surface area contributed by atoms with Gasteiger partial charge in [-0.1, -0.05) is 24.3 Å². The maximum Gasteiger partial charge on any atom is 0.220 e. The zero-order valence-corrected chi connectivity index (χ0v) is 18.3. The number of carbonyl (C=O) groups excluding carboxylic acids is 1. The van der Waals surface area contributed by atoms with E-state index < -0.39 is 0 Å². The van der Waals surface area contributed by atoms with Gasteiger partial charge in [0, 0.05) is 45.6 Å². The number of amides is 1. The number of rotatable bonds is 4. The number of benzene rings is 1. The molecule has 2 atom stereocenters. The Labute approximate surface area is 174 Å². The van der Waals surface area contributed by atoms with Crippen LogP contribution in [0.4, 0.5) is 0 Å². The zero-order valence-electron chi connectivity index (χ0n) is 16.0. The van der Waals surface area contributed by atoms with E-state index in [-0.39, 0.29) is 29.9 Å². The van der Waals surface area contributed by atoms with Crippen molar-refractivity contribution in [1.29, 1.82) is 0 Å². The molecule has 0 spiro atoms. The summed E-state index contributed by atoms with van der Waals surface area (Å²) in [7, 11) is 3.58. The monoisotopic (exact) mass is 470 g/mol. The SMILES string of the molecule is CN=C(NC1CC1c1ccccc1C)N1CCC(CC(=O)NC)CC1.I. The number of aryl methyl sites for hydroxylation is 1. The van der Waals surface area contributed by atoms with Crippen molar-refractivity contribution in [3.63, 3.8) is 0 Å². The Bertz CT molecular complexity index is 640. The highest BCUT2D eigenvalue weighted by Crippen LogP contribution is 2.42. The number of nitrogens with zero attached hydrogens (tertiary/aromatic N) is 2. The van der Waals surface area contributed by atoms with E-state index in [1.165, 1.54) is 17.5 Å². The normalized spacial score (nSPS) is 23.2. The second kappa shape index (κ2) is 9.58. The number of hydrogen-bond donors (Lipinski definition) is 2. The van der Waals surface area contributed by atoms with E-state index in [1.807, 2.05) is 7.05 Å². The Morgan fingerprint density at radius 3 is 2.58 bits per heavy atom. The van der Waals surface area contributed by atoms with Gasteiger partial charge < -0.3 is 15.5 Å². The lowest BCUT2D eigenvalue weighted by Gasteiger charge is -2.34. The number of hydrogen-bond acceptors (Lipinski definition) is 2. The van der Waals surface area contributed by atoms with Crippen LogP contribution in [0.15, 0.2) is 29.3 Å². The van der Waals surface area contributed by atoms with E-state index in [2.05, 4.69) is 51.7 Å². The quantitative estimate of drug-likeness (QED) is 0.404. The Morgan fingerprint density at radius 2 is 1.96 bits per heavy atom. The molecular formula is C20H31IN4O. The lowest BCUT2D eigenvalue weighted by Crippen LogP contribution is -2.47. The molecule has 1 amide bonds. The fourth-order valence-corrected chi connectivity index (χ4v) is 3.88. The van der Waals surface area contributed by atoms with Crippen molar-refractivity contribution < 1.29 is 4.79 Å². The highest BCUT2D eigenvalue weighted by atomic mass is 127. The van der Waals surface area contributed by atoms with Gasteiger partial charge in [0.05, 0.1) is 0 Å². The number of likely N-dealkylation sites (tertiary alicyclic amines) is 1. The van der Waals surface area contributed by atoms with Crippen LogP contribution in [0.2, 0.25) is 0 Å². The van der Waals surface area contributed by atoms with Crippen molar-refractivity contribution >= 4 is 35.8 Å². The number of guanidine groups is 1. The highest BCUT2D eigenvalue weighted by Gasteiger charge is 2.40. The molecule has 1 aliphatic heterocycles. The molecule has 2 fully saturated rings. The van der Waals surface area contributed by atoms with E-state index in [9.17, 15) is 4.79 Å². The lowest BCUT2D eigenvalue weighted by molar-refractivity contribution is -0.121. The Balaban J connectivity index is 0.00000243. The maximum absolute atomic E-state index is 11.5. The third kappa shape index (κ3) is 5.11. The first-order valence-corrected chi connectivity index (χ1v) is 9.36. The molecule has 1 saturated heterocycles. The van der Waals surface area contributed by atoms with Gasteiger partial charge in [0.25, 0.3) is 0 Å². The van der Waals surface area contributed by atoms with Gasteiger partial charge in [-0.3, -0.25) is 9.79 Å². The predicted octanol–water partition coefficient (Wildman–Crippen LogP) is 2.89. The second-order valence-electron chi connectivity index (χ2n) is 7.30. The van der Waals surface area contributed by atoms with Crippen LogP contribution in [0.5, 0.6) is 0 Å². The average molecular weight is 470 g/mol. The summed E-state index contributed by atoms with van der Waals surface area (Å²) in [6.07, 6.45) is 3.94. The van der Waals surface area contributed by atoms with Crippen LogP contribution in [0.3, 0.4) is 0 Å². The van der Waals surface area contributed by atoms with E-state index in [0.29, 0.717) is 24.3 Å². The van der Waals surface area contributed by atoms with Gasteiger partial charge in [0.2, 0.25) is 5.91 Å². The summed E-state index contributed by atoms with van der Waals surface area (Å²) in [4.78, 5) is 18.4. The van der Waals surface area contributed by atoms with Crippen LogP contribution in [-0.4, -0.2) is 50.0 Å². The topological polar surface area (TPSA) is 56.7 Å². The van der Waals surface area contributed by atoms with Gasteiger partial charge in [0.1, 0.15) is 0 Å². The molecule has 3 rings (SSSR count). The smallest absolute Gasteiger partial charge is 0.220 e. The van der Waals surface area contributed by atoms with Gasteiger partial charge in [-0.2, -0.15) is 0 Å². The molecule has 1 aromatic rings. The minimum absolute atomic E-state index is 0. The molecule has 1 aromatic carbocycles. The summed E-state index contributed by atoms with van der Waals surface area (Å²) in [5.41, 5.74) is 2.83. The molecule has 2 aliphatic rings. The van der Waals surface area contributed by atoms with Crippen molar-refractivity contribution in [2.45, 2.75) is 44.6 Å². The number of aliphatic imine (C=N–C) groups is 1. The molecule has 144 valence electrons. The molecule has 1 aliphatic carbocycles. The van der Waals surface area contributed by atoms with Gasteiger partial charge in [0.15, 0.2) is 5.96 Å². The first-order chi connectivity index (χ1) is 12.1. The lowest BCUT2D eigenvalue weighted by atomic mass is 9.93. The third-order valence-electron chi connectivity index (χ3n) is 5.57. The first kappa shape index (κ1) is 21.0. The highest BCUT2D eigenvalue weighted by molar-refractivity contribution is 14.0. The van der Waals surface area contributed by atoms with Gasteiger partial charge in [-0.15, -0.1) is 24.0 Å². The summed E-state index contributed by atoms with van der Waals surface area (Å²) in [6.45, 7) is 4.14. The van der Waals surface area contributed by atoms with Crippen molar-refractivity contribution in [2.75, 3.05) is 27.2 Å². The first-order valence-electron chi connectivity index (χ1n) is 9.36. The molecule has 26 heavy (non-hydrogen) atoms. The summed E-state index contributed by atoms with van der Waals surface area (Å²) < 4.78 is 0. The molecule has 0 radical (unpaired) electrons. The largest absolute Gasteiger partial charge is 0.359 e. The van der Waals surface area contributed by atoms with Crippen molar-refractivity contribution in [3.05, 3.63) is 35.4 Å². The van der Waals surface area contributed by atoms with Crippen molar-refractivity contribution in [1.82, 2.24) is 15.5 Å². The summed E-state index contributed by atoms with van der Waals surface area (Å²) in [6, 6.07) is 9.16. The van der Waals surface area contributed by atoms with E-state index in [4.69, 9.17) is 0 Å². The van der Waals surface area contributed by atoms with Crippen LogP contribution >= 0.6 is 24.0 Å². The molecule has 0 bridgehead atoms. The minimum Gasteiger partial charge on any atom is -0.359 e. The number of nitrogens with one attached hydrogen (secondary N) is 2. The second-order valence-corrected chi connectivity index (χ2v) is 7.30. The van der Waals surface area contributed by atoms with Crippen LogP contribution in [-0.2, 0) is 4.79 Å². The van der Waals surface area contributed by atoms with Crippen molar-refractivity contribution in [2.24, 2.45) is 10.9 Å². The van der Waals surface area contributed by atoms with Gasteiger partial charge in [-0.05, 0) is 43.2 Å².